The van der Waals surface area contributed by atoms with Gasteiger partial charge in [0, 0.05) is 31.1 Å². The van der Waals surface area contributed by atoms with E-state index in [0.717, 1.165) is 13.1 Å². The molecular formula is C12H17N3S. The summed E-state index contributed by atoms with van der Waals surface area (Å²) in [7, 11) is 2.20. The summed E-state index contributed by atoms with van der Waals surface area (Å²) in [5.74, 6) is 0. The van der Waals surface area contributed by atoms with Crippen molar-refractivity contribution in [2.24, 2.45) is 0 Å². The molecule has 0 radical (unpaired) electrons. The monoisotopic (exact) mass is 235 g/mol. The molecule has 1 atom stereocenters. The summed E-state index contributed by atoms with van der Waals surface area (Å²) in [5, 5.41) is 0. The summed E-state index contributed by atoms with van der Waals surface area (Å²) >= 11 is 1.77. The van der Waals surface area contributed by atoms with Gasteiger partial charge in [-0.1, -0.05) is 18.2 Å². The largest absolute Gasteiger partial charge is 0.304 e. The topological polar surface area (TPSA) is 18.5 Å². The Balaban J connectivity index is 1.77. The van der Waals surface area contributed by atoms with E-state index < -0.39 is 0 Å². The van der Waals surface area contributed by atoms with Crippen LogP contribution in [0.1, 0.15) is 11.7 Å². The number of fused-ring (bicyclic) bond motifs is 1. The number of hydrogen-bond donors (Lipinski definition) is 1. The SMILES string of the molecule is CN1CCN([C@H]2NSc3ccccc32)CC1. The van der Waals surface area contributed by atoms with E-state index in [2.05, 4.69) is 45.8 Å². The molecule has 2 aliphatic heterocycles. The molecular weight excluding hydrogens is 218 g/mol. The number of piperazine rings is 1. The fourth-order valence-electron chi connectivity index (χ4n) is 2.33. The van der Waals surface area contributed by atoms with Gasteiger partial charge >= 0.3 is 0 Å². The third kappa shape index (κ3) is 1.86. The molecule has 1 fully saturated rings. The van der Waals surface area contributed by atoms with Crippen LogP contribution in [0.15, 0.2) is 29.2 Å². The van der Waals surface area contributed by atoms with Crippen LogP contribution in [-0.4, -0.2) is 43.0 Å². The summed E-state index contributed by atoms with van der Waals surface area (Å²) in [6, 6.07) is 8.68. The van der Waals surface area contributed by atoms with Crippen LogP contribution in [0.3, 0.4) is 0 Å². The first-order chi connectivity index (χ1) is 7.84. The Hall–Kier alpha value is -0.550. The van der Waals surface area contributed by atoms with Gasteiger partial charge in [0.15, 0.2) is 0 Å². The summed E-state index contributed by atoms with van der Waals surface area (Å²) in [6.45, 7) is 4.65. The minimum Gasteiger partial charge on any atom is -0.304 e. The predicted octanol–water partition coefficient (Wildman–Crippen LogP) is 1.54. The second-order valence-corrected chi connectivity index (χ2v) is 5.38. The summed E-state index contributed by atoms with van der Waals surface area (Å²) in [6.07, 6.45) is 0.412. The molecule has 2 aliphatic rings. The average molecular weight is 235 g/mol. The van der Waals surface area contributed by atoms with Gasteiger partial charge in [-0.2, -0.15) is 0 Å². The Morgan fingerprint density at radius 1 is 1.19 bits per heavy atom. The molecule has 0 unspecified atom stereocenters. The molecule has 0 aromatic heterocycles. The maximum absolute atomic E-state index is 3.53. The van der Waals surface area contributed by atoms with Crippen LogP contribution in [0.4, 0.5) is 0 Å². The van der Waals surface area contributed by atoms with Gasteiger partial charge in [0.05, 0.1) is 6.17 Å². The lowest BCUT2D eigenvalue weighted by molar-refractivity contribution is 0.108. The minimum absolute atomic E-state index is 0.412. The highest BCUT2D eigenvalue weighted by atomic mass is 32.2. The Bertz CT molecular complexity index is 374. The zero-order chi connectivity index (χ0) is 11.0. The van der Waals surface area contributed by atoms with Crippen molar-refractivity contribution < 1.29 is 0 Å². The van der Waals surface area contributed by atoms with Crippen molar-refractivity contribution in [3.63, 3.8) is 0 Å². The summed E-state index contributed by atoms with van der Waals surface area (Å²) < 4.78 is 3.53. The lowest BCUT2D eigenvalue weighted by atomic mass is 10.1. The van der Waals surface area contributed by atoms with Gasteiger partial charge in [0.1, 0.15) is 0 Å². The van der Waals surface area contributed by atoms with Crippen molar-refractivity contribution in [3.05, 3.63) is 29.8 Å². The van der Waals surface area contributed by atoms with E-state index in [4.69, 9.17) is 0 Å². The van der Waals surface area contributed by atoms with E-state index in [9.17, 15) is 0 Å². The third-order valence-corrected chi connectivity index (χ3v) is 4.33. The van der Waals surface area contributed by atoms with E-state index in [1.807, 2.05) is 0 Å². The number of likely N-dealkylation sites (N-methyl/N-ethyl adjacent to an activating group) is 1. The molecule has 3 nitrogen and oxygen atoms in total. The van der Waals surface area contributed by atoms with Crippen LogP contribution in [0.25, 0.3) is 0 Å². The summed E-state index contributed by atoms with van der Waals surface area (Å²) in [4.78, 5) is 6.31. The predicted molar refractivity (Wildman–Crippen MR) is 67.2 cm³/mol. The quantitative estimate of drug-likeness (QED) is 0.744. The third-order valence-electron chi connectivity index (χ3n) is 3.40. The highest BCUT2D eigenvalue weighted by Gasteiger charge is 2.29. The van der Waals surface area contributed by atoms with Gasteiger partial charge < -0.3 is 4.90 Å². The molecule has 1 aromatic rings. The van der Waals surface area contributed by atoms with Gasteiger partial charge in [-0.3, -0.25) is 4.90 Å². The molecule has 1 saturated heterocycles. The molecule has 0 aliphatic carbocycles. The number of nitrogens with one attached hydrogen (secondary N) is 1. The standard InChI is InChI=1S/C12H17N3S/c1-14-6-8-15(9-7-14)12-10-4-2-3-5-11(10)16-13-12/h2-5,12-13H,6-9H2,1H3/t12-/m1/s1. The van der Waals surface area contributed by atoms with Gasteiger partial charge in [0.2, 0.25) is 0 Å². The highest BCUT2D eigenvalue weighted by Crippen LogP contribution is 2.36. The van der Waals surface area contributed by atoms with Crippen molar-refractivity contribution >= 4 is 11.9 Å². The maximum atomic E-state index is 3.53. The van der Waals surface area contributed by atoms with Crippen LogP contribution in [0.2, 0.25) is 0 Å². The first kappa shape index (κ1) is 10.6. The lowest BCUT2D eigenvalue weighted by Crippen LogP contribution is -2.47. The van der Waals surface area contributed by atoms with Crippen molar-refractivity contribution in [1.82, 2.24) is 14.5 Å². The first-order valence-corrected chi connectivity index (χ1v) is 6.60. The van der Waals surface area contributed by atoms with Crippen molar-refractivity contribution in [2.75, 3.05) is 33.2 Å². The Kier molecular flexibility index (Phi) is 2.90. The molecule has 86 valence electrons. The molecule has 0 bridgehead atoms. The van der Waals surface area contributed by atoms with Gasteiger partial charge in [0.25, 0.3) is 0 Å². The van der Waals surface area contributed by atoms with E-state index in [1.54, 1.807) is 11.9 Å². The van der Waals surface area contributed by atoms with Crippen LogP contribution >= 0.6 is 11.9 Å². The number of hydrogen-bond acceptors (Lipinski definition) is 4. The van der Waals surface area contributed by atoms with E-state index >= 15 is 0 Å². The minimum atomic E-state index is 0.412. The molecule has 2 heterocycles. The average Bonchev–Trinajstić information content (AvgIpc) is 2.74. The Morgan fingerprint density at radius 2 is 1.94 bits per heavy atom. The molecule has 16 heavy (non-hydrogen) atoms. The fourth-order valence-corrected chi connectivity index (χ4v) is 3.29. The van der Waals surface area contributed by atoms with Crippen molar-refractivity contribution in [3.8, 4) is 0 Å². The molecule has 0 saturated carbocycles. The van der Waals surface area contributed by atoms with Gasteiger partial charge in [-0.15, -0.1) is 0 Å². The highest BCUT2D eigenvalue weighted by molar-refractivity contribution is 7.97. The van der Waals surface area contributed by atoms with Crippen molar-refractivity contribution in [1.29, 1.82) is 0 Å². The molecule has 4 heteroatoms. The molecule has 1 N–H and O–H groups in total. The van der Waals surface area contributed by atoms with Crippen LogP contribution < -0.4 is 4.72 Å². The number of benzene rings is 1. The second kappa shape index (κ2) is 4.37. The zero-order valence-corrected chi connectivity index (χ0v) is 10.3. The molecule has 1 aromatic carbocycles. The fraction of sp³-hybridized carbons (Fsp3) is 0.500. The van der Waals surface area contributed by atoms with E-state index in [1.165, 1.54) is 23.5 Å². The van der Waals surface area contributed by atoms with Crippen LogP contribution in [0.5, 0.6) is 0 Å². The Morgan fingerprint density at radius 3 is 2.75 bits per heavy atom. The molecule has 0 amide bonds. The lowest BCUT2D eigenvalue weighted by Gasteiger charge is -2.36. The maximum Gasteiger partial charge on any atom is 0.0967 e. The zero-order valence-electron chi connectivity index (χ0n) is 9.52. The van der Waals surface area contributed by atoms with E-state index in [0.29, 0.717) is 6.17 Å². The smallest absolute Gasteiger partial charge is 0.0967 e. The van der Waals surface area contributed by atoms with Gasteiger partial charge in [-0.25, -0.2) is 4.72 Å². The molecule has 3 rings (SSSR count). The normalized spacial score (nSPS) is 26.9. The van der Waals surface area contributed by atoms with Crippen LogP contribution in [0, 0.1) is 0 Å². The number of nitrogens with zero attached hydrogens (tertiary/aromatic N) is 2. The second-order valence-electron chi connectivity index (χ2n) is 4.50. The summed E-state index contributed by atoms with van der Waals surface area (Å²) in [5.41, 5.74) is 1.44. The Labute approximate surface area is 101 Å². The molecule has 0 spiro atoms. The van der Waals surface area contributed by atoms with Crippen LogP contribution in [-0.2, 0) is 0 Å². The van der Waals surface area contributed by atoms with Gasteiger partial charge in [-0.05, 0) is 30.6 Å². The number of rotatable bonds is 1. The van der Waals surface area contributed by atoms with Crippen molar-refractivity contribution in [2.45, 2.75) is 11.1 Å². The first-order valence-electron chi connectivity index (χ1n) is 5.78. The van der Waals surface area contributed by atoms with E-state index in [-0.39, 0.29) is 0 Å².